The van der Waals surface area contributed by atoms with E-state index in [1.165, 1.54) is 18.2 Å². The SMILES string of the molecule is CN1CCC(NC(=O)c2cc(F)cc(Cl)c2)CC1. The second-order valence-corrected chi connectivity index (χ2v) is 5.15. The summed E-state index contributed by atoms with van der Waals surface area (Å²) in [6, 6.07) is 4.04. The molecule has 18 heavy (non-hydrogen) atoms. The Hall–Kier alpha value is -1.13. The normalized spacial score (nSPS) is 17.7. The third-order valence-electron chi connectivity index (χ3n) is 3.18. The lowest BCUT2D eigenvalue weighted by Crippen LogP contribution is -2.43. The molecule has 1 fully saturated rings. The second-order valence-electron chi connectivity index (χ2n) is 4.71. The van der Waals surface area contributed by atoms with Crippen molar-refractivity contribution in [2.45, 2.75) is 18.9 Å². The Bertz CT molecular complexity index is 424. The number of nitrogens with one attached hydrogen (secondary N) is 1. The summed E-state index contributed by atoms with van der Waals surface area (Å²) < 4.78 is 13.1. The van der Waals surface area contributed by atoms with Gasteiger partial charge in [-0.25, -0.2) is 4.39 Å². The largest absolute Gasteiger partial charge is 0.349 e. The topological polar surface area (TPSA) is 32.3 Å². The van der Waals surface area contributed by atoms with Crippen molar-refractivity contribution in [3.63, 3.8) is 0 Å². The summed E-state index contributed by atoms with van der Waals surface area (Å²) in [5, 5.41) is 3.16. The number of carbonyl (C=O) groups is 1. The van der Waals surface area contributed by atoms with Gasteiger partial charge >= 0.3 is 0 Å². The molecular formula is C13H16ClFN2O. The minimum absolute atomic E-state index is 0.163. The predicted octanol–water partition coefficient (Wildman–Crippen LogP) is 2.30. The van der Waals surface area contributed by atoms with E-state index in [0.717, 1.165) is 25.9 Å². The fraction of sp³-hybridized carbons (Fsp3) is 0.462. The highest BCUT2D eigenvalue weighted by atomic mass is 35.5. The lowest BCUT2D eigenvalue weighted by molar-refractivity contribution is 0.0916. The maximum atomic E-state index is 13.1. The van der Waals surface area contributed by atoms with Gasteiger partial charge in [0.2, 0.25) is 0 Å². The van der Waals surface area contributed by atoms with Crippen molar-refractivity contribution in [1.82, 2.24) is 10.2 Å². The molecule has 0 aliphatic carbocycles. The molecule has 1 aliphatic rings. The smallest absolute Gasteiger partial charge is 0.251 e. The van der Waals surface area contributed by atoms with E-state index >= 15 is 0 Å². The number of likely N-dealkylation sites (tertiary alicyclic amines) is 1. The Kier molecular flexibility index (Phi) is 4.19. The van der Waals surface area contributed by atoms with Crippen LogP contribution >= 0.6 is 11.6 Å². The Labute approximate surface area is 111 Å². The van der Waals surface area contributed by atoms with Gasteiger partial charge < -0.3 is 10.2 Å². The lowest BCUT2D eigenvalue weighted by Gasteiger charge is -2.29. The van der Waals surface area contributed by atoms with Crippen LogP contribution in [0.4, 0.5) is 4.39 Å². The maximum Gasteiger partial charge on any atom is 0.251 e. The fourth-order valence-corrected chi connectivity index (χ4v) is 2.33. The zero-order valence-corrected chi connectivity index (χ0v) is 11.0. The molecule has 1 amide bonds. The van der Waals surface area contributed by atoms with Crippen LogP contribution < -0.4 is 5.32 Å². The van der Waals surface area contributed by atoms with Crippen LogP contribution in [0.25, 0.3) is 0 Å². The van der Waals surface area contributed by atoms with Crippen molar-refractivity contribution in [2.24, 2.45) is 0 Å². The fourth-order valence-electron chi connectivity index (χ4n) is 2.11. The van der Waals surface area contributed by atoms with E-state index in [1.807, 2.05) is 0 Å². The van der Waals surface area contributed by atoms with Crippen LogP contribution in [0.3, 0.4) is 0 Å². The number of piperidine rings is 1. The third-order valence-corrected chi connectivity index (χ3v) is 3.40. The van der Waals surface area contributed by atoms with E-state index in [2.05, 4.69) is 17.3 Å². The summed E-state index contributed by atoms with van der Waals surface area (Å²) in [5.74, 6) is -0.748. The van der Waals surface area contributed by atoms with Crippen LogP contribution in [0.2, 0.25) is 5.02 Å². The van der Waals surface area contributed by atoms with Crippen LogP contribution in [-0.4, -0.2) is 37.0 Å². The lowest BCUT2D eigenvalue weighted by atomic mass is 10.0. The molecule has 1 N–H and O–H groups in total. The highest BCUT2D eigenvalue weighted by molar-refractivity contribution is 6.31. The van der Waals surface area contributed by atoms with Gasteiger partial charge in [0.15, 0.2) is 0 Å². The van der Waals surface area contributed by atoms with Gasteiger partial charge in [-0.2, -0.15) is 0 Å². The Morgan fingerprint density at radius 1 is 1.39 bits per heavy atom. The summed E-state index contributed by atoms with van der Waals surface area (Å²) >= 11 is 5.73. The highest BCUT2D eigenvalue weighted by Gasteiger charge is 2.19. The number of hydrogen-bond donors (Lipinski definition) is 1. The van der Waals surface area contributed by atoms with E-state index in [4.69, 9.17) is 11.6 Å². The first-order valence-corrected chi connectivity index (χ1v) is 6.38. The summed E-state index contributed by atoms with van der Waals surface area (Å²) in [6.07, 6.45) is 1.84. The van der Waals surface area contributed by atoms with E-state index in [1.54, 1.807) is 0 Å². The first-order valence-electron chi connectivity index (χ1n) is 6.00. The molecule has 98 valence electrons. The molecule has 0 spiro atoms. The predicted molar refractivity (Wildman–Crippen MR) is 69.4 cm³/mol. The van der Waals surface area contributed by atoms with E-state index in [-0.39, 0.29) is 22.5 Å². The number of halogens is 2. The number of hydrogen-bond acceptors (Lipinski definition) is 2. The van der Waals surface area contributed by atoms with Gasteiger partial charge in [0.1, 0.15) is 5.82 Å². The van der Waals surface area contributed by atoms with Gasteiger partial charge in [-0.05, 0) is 51.2 Å². The van der Waals surface area contributed by atoms with Crippen LogP contribution in [0.5, 0.6) is 0 Å². The van der Waals surface area contributed by atoms with E-state index in [0.29, 0.717) is 0 Å². The zero-order valence-electron chi connectivity index (χ0n) is 10.2. The Balaban J connectivity index is 1.99. The van der Waals surface area contributed by atoms with Crippen molar-refractivity contribution in [2.75, 3.05) is 20.1 Å². The zero-order chi connectivity index (χ0) is 13.1. The minimum Gasteiger partial charge on any atom is -0.349 e. The molecule has 1 aliphatic heterocycles. The Morgan fingerprint density at radius 2 is 2.06 bits per heavy atom. The Morgan fingerprint density at radius 3 is 2.67 bits per heavy atom. The van der Waals surface area contributed by atoms with E-state index < -0.39 is 5.82 Å². The van der Waals surface area contributed by atoms with E-state index in [9.17, 15) is 9.18 Å². The van der Waals surface area contributed by atoms with Crippen LogP contribution in [0, 0.1) is 5.82 Å². The minimum atomic E-state index is -0.490. The molecule has 1 aromatic carbocycles. The number of carbonyl (C=O) groups excluding carboxylic acids is 1. The quantitative estimate of drug-likeness (QED) is 0.894. The molecular weight excluding hydrogens is 255 g/mol. The summed E-state index contributed by atoms with van der Waals surface area (Å²) in [7, 11) is 2.06. The van der Waals surface area contributed by atoms with Gasteiger partial charge in [-0.15, -0.1) is 0 Å². The molecule has 1 aromatic rings. The molecule has 1 heterocycles. The summed E-state index contributed by atoms with van der Waals surface area (Å²) in [5.41, 5.74) is 0.277. The summed E-state index contributed by atoms with van der Waals surface area (Å²) in [4.78, 5) is 14.2. The standard InChI is InChI=1S/C13H16ClFN2O/c1-17-4-2-12(3-5-17)16-13(18)9-6-10(14)8-11(15)7-9/h6-8,12H,2-5H2,1H3,(H,16,18). The van der Waals surface area contributed by atoms with Crippen LogP contribution in [0.15, 0.2) is 18.2 Å². The van der Waals surface area contributed by atoms with Gasteiger partial charge in [-0.3, -0.25) is 4.79 Å². The summed E-state index contributed by atoms with van der Waals surface area (Å²) in [6.45, 7) is 1.93. The van der Waals surface area contributed by atoms with Gasteiger partial charge in [0.25, 0.3) is 5.91 Å². The van der Waals surface area contributed by atoms with Crippen molar-refractivity contribution in [3.05, 3.63) is 34.6 Å². The monoisotopic (exact) mass is 270 g/mol. The molecule has 3 nitrogen and oxygen atoms in total. The molecule has 0 radical (unpaired) electrons. The van der Waals surface area contributed by atoms with Gasteiger partial charge in [-0.1, -0.05) is 11.6 Å². The molecule has 0 aromatic heterocycles. The molecule has 1 saturated heterocycles. The average molecular weight is 271 g/mol. The highest BCUT2D eigenvalue weighted by Crippen LogP contribution is 2.15. The molecule has 2 rings (SSSR count). The second kappa shape index (κ2) is 5.67. The first-order chi connectivity index (χ1) is 8.54. The molecule has 0 bridgehead atoms. The molecule has 5 heteroatoms. The van der Waals surface area contributed by atoms with Crippen molar-refractivity contribution < 1.29 is 9.18 Å². The number of nitrogens with zero attached hydrogens (tertiary/aromatic N) is 1. The van der Waals surface area contributed by atoms with Crippen LogP contribution in [-0.2, 0) is 0 Å². The van der Waals surface area contributed by atoms with Crippen molar-refractivity contribution in [1.29, 1.82) is 0 Å². The average Bonchev–Trinajstić information content (AvgIpc) is 2.31. The van der Waals surface area contributed by atoms with Crippen molar-refractivity contribution in [3.8, 4) is 0 Å². The first kappa shape index (κ1) is 13.3. The van der Waals surface area contributed by atoms with Gasteiger partial charge in [0, 0.05) is 16.6 Å². The number of amides is 1. The molecule has 0 saturated carbocycles. The third kappa shape index (κ3) is 3.43. The maximum absolute atomic E-state index is 13.1. The molecule has 0 atom stereocenters. The number of benzene rings is 1. The van der Waals surface area contributed by atoms with Gasteiger partial charge in [0.05, 0.1) is 0 Å². The van der Waals surface area contributed by atoms with Crippen LogP contribution in [0.1, 0.15) is 23.2 Å². The number of rotatable bonds is 2. The molecule has 0 unspecified atom stereocenters. The van der Waals surface area contributed by atoms with Crippen molar-refractivity contribution >= 4 is 17.5 Å².